The fraction of sp³-hybridized carbons (Fsp3) is 0.273. The van der Waals surface area contributed by atoms with Gasteiger partial charge in [-0.25, -0.2) is 13.8 Å². The molecule has 2 rings (SSSR count). The molecular weight excluding hydrogens is 226 g/mol. The molecule has 90 valence electrons. The summed E-state index contributed by atoms with van der Waals surface area (Å²) in [6, 6.07) is 3.29. The second kappa shape index (κ2) is 5.01. The largest absolute Gasteiger partial charge is 0.303 e. The van der Waals surface area contributed by atoms with Gasteiger partial charge in [0.15, 0.2) is 0 Å². The van der Waals surface area contributed by atoms with E-state index in [4.69, 9.17) is 0 Å². The van der Waals surface area contributed by atoms with Crippen LogP contribution in [0.25, 0.3) is 0 Å². The Morgan fingerprint density at radius 3 is 2.59 bits per heavy atom. The molecule has 0 aliphatic heterocycles. The number of nitrogens with one attached hydrogen (secondary N) is 2. The van der Waals surface area contributed by atoms with Crippen LogP contribution in [0.4, 0.5) is 8.78 Å². The van der Waals surface area contributed by atoms with Gasteiger partial charge in [0.05, 0.1) is 6.54 Å². The lowest BCUT2D eigenvalue weighted by atomic mass is 10.1. The molecule has 2 N–H and O–H groups in total. The Morgan fingerprint density at radius 1 is 1.29 bits per heavy atom. The van der Waals surface area contributed by atoms with Crippen molar-refractivity contribution in [1.29, 1.82) is 0 Å². The first-order valence-corrected chi connectivity index (χ1v) is 5.19. The van der Waals surface area contributed by atoms with Gasteiger partial charge in [0, 0.05) is 12.1 Å². The van der Waals surface area contributed by atoms with Crippen molar-refractivity contribution in [1.82, 2.24) is 20.5 Å². The monoisotopic (exact) mass is 238 g/mol. The summed E-state index contributed by atoms with van der Waals surface area (Å²) < 4.78 is 26.0. The molecule has 0 spiro atoms. The lowest BCUT2D eigenvalue weighted by Crippen LogP contribution is -2.19. The first-order chi connectivity index (χ1) is 8.15. The van der Waals surface area contributed by atoms with Crippen LogP contribution in [0.3, 0.4) is 0 Å². The fourth-order valence-corrected chi connectivity index (χ4v) is 1.51. The van der Waals surface area contributed by atoms with Gasteiger partial charge in [-0.05, 0) is 24.6 Å². The Balaban J connectivity index is 2.01. The topological polar surface area (TPSA) is 53.6 Å². The van der Waals surface area contributed by atoms with Crippen molar-refractivity contribution in [2.75, 3.05) is 0 Å². The molecule has 0 saturated heterocycles. The smallest absolute Gasteiger partial charge is 0.138 e. The molecule has 1 heterocycles. The molecule has 1 atom stereocenters. The minimum Gasteiger partial charge on any atom is -0.303 e. The number of aromatic nitrogens is 3. The maximum atomic E-state index is 13.0. The van der Waals surface area contributed by atoms with Crippen molar-refractivity contribution < 1.29 is 8.78 Å². The zero-order valence-corrected chi connectivity index (χ0v) is 9.24. The molecule has 0 aliphatic rings. The van der Waals surface area contributed by atoms with Crippen molar-refractivity contribution in [3.05, 3.63) is 47.5 Å². The average Bonchev–Trinajstić information content (AvgIpc) is 2.77. The van der Waals surface area contributed by atoms with Crippen molar-refractivity contribution in [3.8, 4) is 0 Å². The van der Waals surface area contributed by atoms with E-state index in [0.717, 1.165) is 6.07 Å². The predicted molar refractivity (Wildman–Crippen MR) is 58.0 cm³/mol. The molecule has 0 amide bonds. The molecule has 6 heteroatoms. The van der Waals surface area contributed by atoms with E-state index in [0.29, 0.717) is 17.9 Å². The summed E-state index contributed by atoms with van der Waals surface area (Å²) in [5.41, 5.74) is 0.557. The van der Waals surface area contributed by atoms with E-state index in [2.05, 4.69) is 20.5 Å². The number of H-pyrrole nitrogens is 1. The van der Waals surface area contributed by atoms with Gasteiger partial charge in [-0.2, -0.15) is 5.10 Å². The molecule has 0 radical (unpaired) electrons. The molecule has 1 aromatic carbocycles. The van der Waals surface area contributed by atoms with E-state index in [1.165, 1.54) is 18.5 Å². The third-order valence-corrected chi connectivity index (χ3v) is 2.43. The Hall–Kier alpha value is -1.82. The number of nitrogens with zero attached hydrogens (tertiary/aromatic N) is 2. The van der Waals surface area contributed by atoms with Crippen LogP contribution in [0.5, 0.6) is 0 Å². The Bertz CT molecular complexity index is 464. The second-order valence-corrected chi connectivity index (χ2v) is 3.74. The Kier molecular flexibility index (Phi) is 3.43. The number of benzene rings is 1. The summed E-state index contributed by atoms with van der Waals surface area (Å²) in [6.45, 7) is 2.28. The summed E-state index contributed by atoms with van der Waals surface area (Å²) in [5, 5.41) is 9.49. The van der Waals surface area contributed by atoms with Crippen molar-refractivity contribution in [2.45, 2.75) is 19.5 Å². The molecule has 1 aromatic heterocycles. The van der Waals surface area contributed by atoms with Crippen LogP contribution in [-0.2, 0) is 6.54 Å². The molecule has 1 unspecified atom stereocenters. The molecule has 17 heavy (non-hydrogen) atoms. The first-order valence-electron chi connectivity index (χ1n) is 5.19. The highest BCUT2D eigenvalue weighted by Gasteiger charge is 2.08. The molecule has 0 bridgehead atoms. The van der Waals surface area contributed by atoms with Crippen LogP contribution in [0.1, 0.15) is 24.4 Å². The van der Waals surface area contributed by atoms with Crippen LogP contribution in [-0.4, -0.2) is 15.2 Å². The quantitative estimate of drug-likeness (QED) is 0.855. The van der Waals surface area contributed by atoms with E-state index in [1.807, 2.05) is 6.92 Å². The summed E-state index contributed by atoms with van der Waals surface area (Å²) >= 11 is 0. The molecular formula is C11H12F2N4. The van der Waals surface area contributed by atoms with E-state index < -0.39 is 11.6 Å². The van der Waals surface area contributed by atoms with Crippen LogP contribution in [0, 0.1) is 11.6 Å². The number of hydrogen-bond acceptors (Lipinski definition) is 3. The SMILES string of the molecule is CC(NCc1ncn[nH]1)c1cc(F)cc(F)c1. The van der Waals surface area contributed by atoms with Gasteiger partial charge < -0.3 is 5.32 Å². The highest BCUT2D eigenvalue weighted by molar-refractivity contribution is 5.20. The van der Waals surface area contributed by atoms with Crippen molar-refractivity contribution in [2.24, 2.45) is 0 Å². The maximum absolute atomic E-state index is 13.0. The van der Waals surface area contributed by atoms with Crippen molar-refractivity contribution >= 4 is 0 Å². The highest BCUT2D eigenvalue weighted by Crippen LogP contribution is 2.15. The lowest BCUT2D eigenvalue weighted by molar-refractivity contribution is 0.538. The van der Waals surface area contributed by atoms with E-state index in [1.54, 1.807) is 0 Å². The molecule has 4 nitrogen and oxygen atoms in total. The molecule has 0 saturated carbocycles. The second-order valence-electron chi connectivity index (χ2n) is 3.74. The van der Waals surface area contributed by atoms with Crippen molar-refractivity contribution in [3.63, 3.8) is 0 Å². The number of rotatable bonds is 4. The van der Waals surface area contributed by atoms with Gasteiger partial charge in [0.1, 0.15) is 23.8 Å². The zero-order chi connectivity index (χ0) is 12.3. The van der Waals surface area contributed by atoms with E-state index >= 15 is 0 Å². The third kappa shape index (κ3) is 3.07. The summed E-state index contributed by atoms with van der Waals surface area (Å²) in [7, 11) is 0. The lowest BCUT2D eigenvalue weighted by Gasteiger charge is -2.13. The van der Waals surface area contributed by atoms with Crippen LogP contribution in [0.15, 0.2) is 24.5 Å². The minimum atomic E-state index is -0.576. The molecule has 2 aromatic rings. The molecule has 0 aliphatic carbocycles. The van der Waals surface area contributed by atoms with Crippen LogP contribution >= 0.6 is 0 Å². The fourth-order valence-electron chi connectivity index (χ4n) is 1.51. The van der Waals surface area contributed by atoms with Gasteiger partial charge in [0.25, 0.3) is 0 Å². The van der Waals surface area contributed by atoms with Crippen LogP contribution in [0.2, 0.25) is 0 Å². The Morgan fingerprint density at radius 2 is 2.00 bits per heavy atom. The summed E-state index contributed by atoms with van der Waals surface area (Å²) in [4.78, 5) is 3.94. The third-order valence-electron chi connectivity index (χ3n) is 2.43. The first kappa shape index (κ1) is 11.7. The predicted octanol–water partition coefficient (Wildman–Crippen LogP) is 1.93. The highest BCUT2D eigenvalue weighted by atomic mass is 19.1. The van der Waals surface area contributed by atoms with E-state index in [-0.39, 0.29) is 6.04 Å². The number of hydrogen-bond donors (Lipinski definition) is 2. The van der Waals surface area contributed by atoms with Gasteiger partial charge >= 0.3 is 0 Å². The van der Waals surface area contributed by atoms with Gasteiger partial charge in [-0.3, -0.25) is 5.10 Å². The zero-order valence-electron chi connectivity index (χ0n) is 9.24. The maximum Gasteiger partial charge on any atom is 0.138 e. The Labute approximate surface area is 97.1 Å². The number of halogens is 2. The minimum absolute atomic E-state index is 0.176. The van der Waals surface area contributed by atoms with Gasteiger partial charge in [0.2, 0.25) is 0 Å². The number of aromatic amines is 1. The van der Waals surface area contributed by atoms with Gasteiger partial charge in [-0.1, -0.05) is 0 Å². The summed E-state index contributed by atoms with van der Waals surface area (Å²) in [6.07, 6.45) is 1.41. The normalized spacial score (nSPS) is 12.6. The summed E-state index contributed by atoms with van der Waals surface area (Å²) in [5.74, 6) is -0.477. The molecule has 0 fully saturated rings. The standard InChI is InChI=1S/C11H12F2N4/c1-7(14-5-11-15-6-16-17-11)8-2-9(12)4-10(13)3-8/h2-4,6-7,14H,5H2,1H3,(H,15,16,17). The average molecular weight is 238 g/mol. The van der Waals surface area contributed by atoms with Crippen LogP contribution < -0.4 is 5.32 Å². The van der Waals surface area contributed by atoms with Gasteiger partial charge in [-0.15, -0.1) is 0 Å². The van der Waals surface area contributed by atoms with E-state index in [9.17, 15) is 8.78 Å².